The van der Waals surface area contributed by atoms with Crippen LogP contribution in [0.25, 0.3) is 10.6 Å². The van der Waals surface area contributed by atoms with Gasteiger partial charge in [-0.05, 0) is 22.0 Å². The van der Waals surface area contributed by atoms with Crippen LogP contribution in [0.4, 0.5) is 5.13 Å². The highest BCUT2D eigenvalue weighted by atomic mass is 79.9. The first-order valence-corrected chi connectivity index (χ1v) is 4.70. The van der Waals surface area contributed by atoms with Crippen LogP contribution in [0.1, 0.15) is 0 Å². The molecule has 6 heteroatoms. The molecular weight excluding hydrogens is 242 g/mol. The molecule has 2 aromatic heterocycles. The minimum atomic E-state index is 0.457. The highest BCUT2D eigenvalue weighted by Gasteiger charge is 2.10. The molecular formula is C6H4BrN3OS. The lowest BCUT2D eigenvalue weighted by molar-refractivity contribution is 0.542. The Hall–Kier alpha value is -0.880. The van der Waals surface area contributed by atoms with Crippen LogP contribution in [0.3, 0.4) is 0 Å². The Kier molecular flexibility index (Phi) is 1.86. The smallest absolute Gasteiger partial charge is 0.203 e. The van der Waals surface area contributed by atoms with E-state index in [9.17, 15) is 0 Å². The van der Waals surface area contributed by atoms with Crippen molar-refractivity contribution in [2.75, 3.05) is 5.73 Å². The number of anilines is 1. The minimum Gasteiger partial charge on any atom is -0.457 e. The van der Waals surface area contributed by atoms with Gasteiger partial charge in [-0.3, -0.25) is 0 Å². The molecule has 0 amide bonds. The van der Waals surface area contributed by atoms with Crippen LogP contribution in [0, 0.1) is 0 Å². The van der Waals surface area contributed by atoms with Crippen molar-refractivity contribution in [2.45, 2.75) is 0 Å². The molecule has 4 nitrogen and oxygen atoms in total. The lowest BCUT2D eigenvalue weighted by atomic mass is 10.4. The fourth-order valence-corrected chi connectivity index (χ4v) is 1.98. The topological polar surface area (TPSA) is 64.9 Å². The predicted molar refractivity (Wildman–Crippen MR) is 49.7 cm³/mol. The highest BCUT2D eigenvalue weighted by Crippen LogP contribution is 2.31. The van der Waals surface area contributed by atoms with Crippen LogP contribution in [0.5, 0.6) is 0 Å². The van der Waals surface area contributed by atoms with Crippen LogP contribution >= 0.6 is 27.3 Å². The normalized spacial score (nSPS) is 10.4. The molecule has 12 heavy (non-hydrogen) atoms. The average molecular weight is 246 g/mol. The number of hydrogen-bond donors (Lipinski definition) is 1. The van der Waals surface area contributed by atoms with Gasteiger partial charge in [0.25, 0.3) is 0 Å². The molecule has 2 aromatic rings. The maximum atomic E-state index is 5.43. The van der Waals surface area contributed by atoms with Crippen LogP contribution in [-0.2, 0) is 0 Å². The lowest BCUT2D eigenvalue weighted by Gasteiger charge is -1.86. The van der Waals surface area contributed by atoms with Crippen molar-refractivity contribution in [1.82, 2.24) is 10.2 Å². The van der Waals surface area contributed by atoms with Gasteiger partial charge in [0.05, 0.1) is 11.8 Å². The Labute approximate surface area is 80.5 Å². The predicted octanol–water partition coefficient (Wildman–Crippen LogP) is 2.14. The first-order chi connectivity index (χ1) is 5.77. The number of hydrogen-bond acceptors (Lipinski definition) is 5. The number of furan rings is 1. The van der Waals surface area contributed by atoms with Gasteiger partial charge in [-0.2, -0.15) is 0 Å². The molecule has 0 bridgehead atoms. The molecule has 0 aliphatic rings. The number of nitrogen functional groups attached to an aromatic ring is 1. The monoisotopic (exact) mass is 245 g/mol. The van der Waals surface area contributed by atoms with Gasteiger partial charge in [-0.15, -0.1) is 10.2 Å². The third kappa shape index (κ3) is 1.23. The summed E-state index contributed by atoms with van der Waals surface area (Å²) in [5, 5.41) is 8.78. The standard InChI is InChI=1S/C6H4BrN3OS/c7-4-3(1-2-11-4)5-9-10-6(8)12-5/h1-2H,(H2,8,10). The van der Waals surface area contributed by atoms with E-state index in [0.29, 0.717) is 9.80 Å². The summed E-state index contributed by atoms with van der Waals surface area (Å²) >= 11 is 4.57. The van der Waals surface area contributed by atoms with Crippen molar-refractivity contribution in [1.29, 1.82) is 0 Å². The van der Waals surface area contributed by atoms with E-state index in [1.807, 2.05) is 6.07 Å². The SMILES string of the molecule is Nc1nnc(-c2ccoc2Br)s1. The number of nitrogens with zero attached hydrogens (tertiary/aromatic N) is 2. The number of rotatable bonds is 1. The van der Waals surface area contributed by atoms with Crippen molar-refractivity contribution in [3.05, 3.63) is 17.0 Å². The minimum absolute atomic E-state index is 0.457. The summed E-state index contributed by atoms with van der Waals surface area (Å²) in [6.07, 6.45) is 1.58. The summed E-state index contributed by atoms with van der Waals surface area (Å²) < 4.78 is 5.69. The Morgan fingerprint density at radius 3 is 2.83 bits per heavy atom. The molecule has 0 unspecified atom stereocenters. The van der Waals surface area contributed by atoms with Gasteiger partial charge in [0.2, 0.25) is 5.13 Å². The van der Waals surface area contributed by atoms with E-state index >= 15 is 0 Å². The maximum absolute atomic E-state index is 5.43. The second-order valence-corrected chi connectivity index (χ2v) is 3.78. The van der Waals surface area contributed by atoms with Gasteiger partial charge in [0, 0.05) is 0 Å². The largest absolute Gasteiger partial charge is 0.457 e. The molecule has 0 aliphatic heterocycles. The van der Waals surface area contributed by atoms with Gasteiger partial charge in [-0.25, -0.2) is 0 Å². The van der Waals surface area contributed by atoms with Gasteiger partial charge in [0.15, 0.2) is 9.68 Å². The average Bonchev–Trinajstić information content (AvgIpc) is 2.58. The highest BCUT2D eigenvalue weighted by molar-refractivity contribution is 9.10. The van der Waals surface area contributed by atoms with Gasteiger partial charge in [-0.1, -0.05) is 11.3 Å². The third-order valence-electron chi connectivity index (χ3n) is 1.29. The summed E-state index contributed by atoms with van der Waals surface area (Å²) in [5.74, 6) is 0. The van der Waals surface area contributed by atoms with Crippen molar-refractivity contribution in [2.24, 2.45) is 0 Å². The molecule has 0 radical (unpaired) electrons. The molecule has 62 valence electrons. The number of nitrogens with two attached hydrogens (primary N) is 1. The quantitative estimate of drug-likeness (QED) is 0.837. The second-order valence-electron chi connectivity index (χ2n) is 2.05. The summed E-state index contributed by atoms with van der Waals surface area (Å²) in [6, 6.07) is 1.81. The van der Waals surface area contributed by atoms with Crippen molar-refractivity contribution in [3.63, 3.8) is 0 Å². The Morgan fingerprint density at radius 2 is 2.33 bits per heavy atom. The van der Waals surface area contributed by atoms with E-state index in [1.54, 1.807) is 6.26 Å². The third-order valence-corrected chi connectivity index (χ3v) is 2.69. The van der Waals surface area contributed by atoms with Crippen molar-refractivity contribution >= 4 is 32.4 Å². The lowest BCUT2D eigenvalue weighted by Crippen LogP contribution is -1.79. The maximum Gasteiger partial charge on any atom is 0.203 e. The molecule has 0 fully saturated rings. The second kappa shape index (κ2) is 2.87. The molecule has 0 saturated heterocycles. The van der Waals surface area contributed by atoms with E-state index in [4.69, 9.17) is 10.2 Å². The van der Waals surface area contributed by atoms with Crippen LogP contribution in [-0.4, -0.2) is 10.2 Å². The molecule has 0 aliphatic carbocycles. The zero-order valence-corrected chi connectivity index (χ0v) is 8.22. The van der Waals surface area contributed by atoms with E-state index in [0.717, 1.165) is 10.6 Å². The Balaban J connectivity index is 2.50. The van der Waals surface area contributed by atoms with Crippen LogP contribution in [0.2, 0.25) is 0 Å². The fraction of sp³-hybridized carbons (Fsp3) is 0. The van der Waals surface area contributed by atoms with E-state index in [2.05, 4.69) is 26.1 Å². The molecule has 0 spiro atoms. The molecule has 0 atom stereocenters. The molecule has 2 heterocycles. The zero-order chi connectivity index (χ0) is 8.55. The summed E-state index contributed by atoms with van der Waals surface area (Å²) in [7, 11) is 0. The first-order valence-electron chi connectivity index (χ1n) is 3.09. The van der Waals surface area contributed by atoms with Crippen molar-refractivity contribution in [3.8, 4) is 10.6 Å². The molecule has 0 saturated carbocycles. The van der Waals surface area contributed by atoms with Gasteiger partial charge >= 0.3 is 0 Å². The van der Waals surface area contributed by atoms with Crippen molar-refractivity contribution < 1.29 is 4.42 Å². The zero-order valence-electron chi connectivity index (χ0n) is 5.82. The molecule has 2 rings (SSSR count). The Bertz CT molecular complexity index is 397. The summed E-state index contributed by atoms with van der Waals surface area (Å²) in [6.45, 7) is 0. The van der Waals surface area contributed by atoms with Crippen LogP contribution in [0.15, 0.2) is 21.4 Å². The van der Waals surface area contributed by atoms with E-state index < -0.39 is 0 Å². The van der Waals surface area contributed by atoms with Gasteiger partial charge in [0.1, 0.15) is 0 Å². The number of halogens is 1. The number of aromatic nitrogens is 2. The molecule has 0 aromatic carbocycles. The van der Waals surface area contributed by atoms with E-state index in [-0.39, 0.29) is 0 Å². The van der Waals surface area contributed by atoms with Gasteiger partial charge < -0.3 is 10.2 Å². The van der Waals surface area contributed by atoms with E-state index in [1.165, 1.54) is 11.3 Å². The summed E-state index contributed by atoms with van der Waals surface area (Å²) in [5.41, 5.74) is 6.31. The first kappa shape index (κ1) is 7.75. The molecule has 2 N–H and O–H groups in total. The summed E-state index contributed by atoms with van der Waals surface area (Å²) in [4.78, 5) is 0. The van der Waals surface area contributed by atoms with Crippen LogP contribution < -0.4 is 5.73 Å². The fourth-order valence-electron chi connectivity index (χ4n) is 0.790. The Morgan fingerprint density at radius 1 is 1.50 bits per heavy atom.